The molecule has 0 aromatic heterocycles. The molecule has 0 N–H and O–H groups in total. The highest BCUT2D eigenvalue weighted by Gasteiger charge is 2.30. The van der Waals surface area contributed by atoms with Crippen molar-refractivity contribution < 1.29 is 14.4 Å². The molecule has 0 amide bonds. The van der Waals surface area contributed by atoms with E-state index in [0.29, 0.717) is 23.1 Å². The summed E-state index contributed by atoms with van der Waals surface area (Å²) in [5, 5.41) is 0. The second kappa shape index (κ2) is 4.43. The molecule has 1 aromatic rings. The molecular formula is C16H12O3. The molecule has 0 spiro atoms. The summed E-state index contributed by atoms with van der Waals surface area (Å²) < 4.78 is 0. The second-order valence-corrected chi connectivity index (χ2v) is 4.73. The lowest BCUT2D eigenvalue weighted by Gasteiger charge is -2.18. The van der Waals surface area contributed by atoms with Crippen molar-refractivity contribution >= 4 is 17.3 Å². The maximum atomic E-state index is 12.4. The third-order valence-electron chi connectivity index (χ3n) is 3.50. The van der Waals surface area contributed by atoms with Crippen LogP contribution in [0.5, 0.6) is 0 Å². The molecule has 1 aromatic carbocycles. The van der Waals surface area contributed by atoms with E-state index < -0.39 is 0 Å². The molecule has 3 nitrogen and oxygen atoms in total. The minimum absolute atomic E-state index is 0.0435. The van der Waals surface area contributed by atoms with E-state index in [2.05, 4.69) is 0 Å². The predicted molar refractivity (Wildman–Crippen MR) is 70.1 cm³/mol. The van der Waals surface area contributed by atoms with E-state index in [0.717, 1.165) is 12.8 Å². The monoisotopic (exact) mass is 252 g/mol. The van der Waals surface area contributed by atoms with Gasteiger partial charge in [-0.05, 0) is 18.9 Å². The number of hydrogen-bond acceptors (Lipinski definition) is 3. The van der Waals surface area contributed by atoms with E-state index >= 15 is 0 Å². The third kappa shape index (κ3) is 1.87. The molecule has 3 heteroatoms. The molecule has 94 valence electrons. The van der Waals surface area contributed by atoms with Gasteiger partial charge in [0.1, 0.15) is 0 Å². The van der Waals surface area contributed by atoms with Crippen molar-refractivity contribution in [1.82, 2.24) is 0 Å². The Morgan fingerprint density at radius 2 is 1.63 bits per heavy atom. The van der Waals surface area contributed by atoms with Gasteiger partial charge in [-0.25, -0.2) is 0 Å². The van der Waals surface area contributed by atoms with Gasteiger partial charge in [-0.1, -0.05) is 30.3 Å². The molecule has 0 saturated carbocycles. The van der Waals surface area contributed by atoms with Crippen LogP contribution in [0.2, 0.25) is 0 Å². The highest BCUT2D eigenvalue weighted by Crippen LogP contribution is 2.29. The van der Waals surface area contributed by atoms with Gasteiger partial charge in [0.15, 0.2) is 17.3 Å². The van der Waals surface area contributed by atoms with Crippen molar-refractivity contribution in [3.05, 3.63) is 58.7 Å². The van der Waals surface area contributed by atoms with E-state index in [-0.39, 0.29) is 22.9 Å². The van der Waals surface area contributed by atoms with Gasteiger partial charge < -0.3 is 0 Å². The third-order valence-corrected chi connectivity index (χ3v) is 3.50. The van der Waals surface area contributed by atoms with Crippen molar-refractivity contribution in [2.45, 2.75) is 19.3 Å². The van der Waals surface area contributed by atoms with Crippen LogP contribution in [-0.4, -0.2) is 17.3 Å². The van der Waals surface area contributed by atoms with E-state index in [9.17, 15) is 14.4 Å². The van der Waals surface area contributed by atoms with Crippen LogP contribution in [0, 0.1) is 0 Å². The first-order valence-electron chi connectivity index (χ1n) is 6.32. The Balaban J connectivity index is 2.11. The normalized spacial score (nSPS) is 18.8. The highest BCUT2D eigenvalue weighted by molar-refractivity contribution is 6.29. The van der Waals surface area contributed by atoms with Crippen LogP contribution in [0.15, 0.2) is 47.6 Å². The number of carbonyl (C=O) groups excluding carboxylic acids is 3. The fourth-order valence-corrected chi connectivity index (χ4v) is 2.53. The number of fused-ring (bicyclic) bond motifs is 1. The molecular weight excluding hydrogens is 240 g/mol. The van der Waals surface area contributed by atoms with Crippen molar-refractivity contribution in [2.75, 3.05) is 0 Å². The zero-order chi connectivity index (χ0) is 13.4. The van der Waals surface area contributed by atoms with Gasteiger partial charge in [-0.15, -0.1) is 0 Å². The Kier molecular flexibility index (Phi) is 2.75. The maximum absolute atomic E-state index is 12.4. The summed E-state index contributed by atoms with van der Waals surface area (Å²) in [6.07, 6.45) is 5.12. The Morgan fingerprint density at radius 1 is 0.895 bits per heavy atom. The van der Waals surface area contributed by atoms with Gasteiger partial charge in [0.25, 0.3) is 0 Å². The number of carbonyl (C=O) groups is 3. The minimum atomic E-state index is -0.225. The van der Waals surface area contributed by atoms with E-state index in [1.54, 1.807) is 30.3 Å². The van der Waals surface area contributed by atoms with Crippen molar-refractivity contribution in [3.8, 4) is 0 Å². The molecule has 2 aliphatic carbocycles. The molecule has 0 heterocycles. The highest BCUT2D eigenvalue weighted by atomic mass is 16.1. The quantitative estimate of drug-likeness (QED) is 0.772. The molecule has 0 unspecified atom stereocenters. The van der Waals surface area contributed by atoms with Crippen molar-refractivity contribution in [1.29, 1.82) is 0 Å². The number of hydrogen-bond donors (Lipinski definition) is 0. The summed E-state index contributed by atoms with van der Waals surface area (Å²) in [5.41, 5.74) is 1.48. The van der Waals surface area contributed by atoms with E-state index in [1.807, 2.05) is 0 Å². The summed E-state index contributed by atoms with van der Waals surface area (Å²) in [7, 11) is 0. The van der Waals surface area contributed by atoms with Gasteiger partial charge in [0.2, 0.25) is 0 Å². The Hall–Kier alpha value is -2.29. The molecule has 0 fully saturated rings. The van der Waals surface area contributed by atoms with Crippen LogP contribution < -0.4 is 0 Å². The zero-order valence-electron chi connectivity index (χ0n) is 10.3. The number of benzene rings is 1. The van der Waals surface area contributed by atoms with Gasteiger partial charge in [-0.3, -0.25) is 14.4 Å². The fourth-order valence-electron chi connectivity index (χ4n) is 2.53. The lowest BCUT2D eigenvalue weighted by atomic mass is 9.82. The van der Waals surface area contributed by atoms with Crippen LogP contribution in [0.3, 0.4) is 0 Å². The summed E-state index contributed by atoms with van der Waals surface area (Å²) >= 11 is 0. The molecule has 0 saturated heterocycles. The van der Waals surface area contributed by atoms with Gasteiger partial charge in [0.05, 0.1) is 0 Å². The Labute approximate surface area is 110 Å². The Morgan fingerprint density at radius 3 is 2.37 bits per heavy atom. The van der Waals surface area contributed by atoms with Crippen LogP contribution >= 0.6 is 0 Å². The molecule has 19 heavy (non-hydrogen) atoms. The van der Waals surface area contributed by atoms with Crippen molar-refractivity contribution in [2.24, 2.45) is 0 Å². The molecule has 0 atom stereocenters. The summed E-state index contributed by atoms with van der Waals surface area (Å²) in [5.74, 6) is -0.473. The van der Waals surface area contributed by atoms with Gasteiger partial charge >= 0.3 is 0 Å². The van der Waals surface area contributed by atoms with E-state index in [1.165, 1.54) is 6.08 Å². The van der Waals surface area contributed by atoms with Gasteiger partial charge in [-0.2, -0.15) is 0 Å². The number of allylic oxidation sites excluding steroid dienone is 4. The topological polar surface area (TPSA) is 51.2 Å². The zero-order valence-corrected chi connectivity index (χ0v) is 10.3. The van der Waals surface area contributed by atoms with Crippen LogP contribution in [0.4, 0.5) is 0 Å². The predicted octanol–water partition coefficient (Wildman–Crippen LogP) is 2.67. The fraction of sp³-hybridized carbons (Fsp3) is 0.188. The summed E-state index contributed by atoms with van der Waals surface area (Å²) in [6, 6.07) is 6.73. The first kappa shape index (κ1) is 11.8. The van der Waals surface area contributed by atoms with Gasteiger partial charge in [0, 0.05) is 28.7 Å². The van der Waals surface area contributed by atoms with Crippen LogP contribution in [0.1, 0.15) is 40.0 Å². The average Bonchev–Trinajstić information content (AvgIpc) is 2.44. The second-order valence-electron chi connectivity index (χ2n) is 4.73. The molecule has 0 bridgehead atoms. The number of Topliss-reactive ketones (excluding diaryl/α,β-unsaturated/α-hetero) is 2. The smallest absolute Gasteiger partial charge is 0.194 e. The first-order valence-corrected chi connectivity index (χ1v) is 6.32. The maximum Gasteiger partial charge on any atom is 0.194 e. The molecule has 2 aliphatic rings. The minimum Gasteiger partial charge on any atom is -0.294 e. The molecule has 0 radical (unpaired) electrons. The summed E-state index contributed by atoms with van der Waals surface area (Å²) in [4.78, 5) is 36.3. The number of rotatable bonds is 1. The standard InChI is InChI=1S/C16H12O3/c17-14-8-4-3-6-11(14)13-9-15(18)10-5-1-2-7-12(10)16(13)19/h1-2,5-7,9H,3-4,8H2. The lowest BCUT2D eigenvalue weighted by Crippen LogP contribution is -2.22. The molecule has 0 aliphatic heterocycles. The molecule has 3 rings (SSSR count). The average molecular weight is 252 g/mol. The lowest BCUT2D eigenvalue weighted by molar-refractivity contribution is -0.115. The van der Waals surface area contributed by atoms with Crippen LogP contribution in [0.25, 0.3) is 0 Å². The first-order chi connectivity index (χ1) is 9.18. The largest absolute Gasteiger partial charge is 0.294 e. The Bertz CT molecular complexity index is 662. The SMILES string of the molecule is O=C1CCCC=C1C1=CC(=O)c2ccccc2C1=O. The number of ketones is 3. The van der Waals surface area contributed by atoms with E-state index in [4.69, 9.17) is 0 Å². The van der Waals surface area contributed by atoms with Crippen molar-refractivity contribution in [3.63, 3.8) is 0 Å². The summed E-state index contributed by atoms with van der Waals surface area (Å²) in [6.45, 7) is 0. The van der Waals surface area contributed by atoms with Crippen LogP contribution in [-0.2, 0) is 4.79 Å².